The summed E-state index contributed by atoms with van der Waals surface area (Å²) in [5.41, 5.74) is 2.59. The van der Waals surface area contributed by atoms with Gasteiger partial charge in [-0.15, -0.1) is 0 Å². The summed E-state index contributed by atoms with van der Waals surface area (Å²) in [6.45, 7) is 5.65. The molecule has 18 heavy (non-hydrogen) atoms. The van der Waals surface area contributed by atoms with Crippen molar-refractivity contribution in [2.24, 2.45) is 0 Å². The largest absolute Gasteiger partial charge is 0.503 e. The second-order valence-electron chi connectivity index (χ2n) is 4.25. The van der Waals surface area contributed by atoms with Crippen LogP contribution in [0.3, 0.4) is 0 Å². The maximum atomic E-state index is 9.72. The van der Waals surface area contributed by atoms with E-state index in [9.17, 15) is 5.11 Å². The molecule has 0 aliphatic rings. The van der Waals surface area contributed by atoms with Gasteiger partial charge >= 0.3 is 0 Å². The van der Waals surface area contributed by atoms with Crippen LogP contribution in [0.4, 0.5) is 0 Å². The minimum absolute atomic E-state index is 0.0225. The number of nitrogens with zero attached hydrogens (tertiary/aromatic N) is 1. The maximum absolute atomic E-state index is 9.72. The quantitative estimate of drug-likeness (QED) is 0.885. The van der Waals surface area contributed by atoms with Gasteiger partial charge in [0, 0.05) is 10.7 Å². The van der Waals surface area contributed by atoms with Gasteiger partial charge in [-0.25, -0.2) is 4.98 Å². The molecular weight excluding hydrogens is 250 g/mol. The summed E-state index contributed by atoms with van der Waals surface area (Å²) < 4.78 is 5.69. The highest BCUT2D eigenvalue weighted by Gasteiger charge is 2.11. The summed E-state index contributed by atoms with van der Waals surface area (Å²) in [7, 11) is 0. The zero-order chi connectivity index (χ0) is 13.3. The number of rotatable bonds is 2. The summed E-state index contributed by atoms with van der Waals surface area (Å²) in [6.07, 6.45) is 0. The number of benzene rings is 1. The molecule has 2 rings (SSSR count). The van der Waals surface area contributed by atoms with Gasteiger partial charge in [-0.1, -0.05) is 11.6 Å². The van der Waals surface area contributed by atoms with Crippen molar-refractivity contribution in [1.29, 1.82) is 0 Å². The van der Waals surface area contributed by atoms with Crippen LogP contribution in [-0.4, -0.2) is 10.1 Å². The van der Waals surface area contributed by atoms with E-state index in [0.717, 1.165) is 16.8 Å². The van der Waals surface area contributed by atoms with Crippen LogP contribution in [0.15, 0.2) is 24.3 Å². The lowest BCUT2D eigenvalue weighted by Crippen LogP contribution is -1.95. The molecule has 1 heterocycles. The van der Waals surface area contributed by atoms with Gasteiger partial charge < -0.3 is 9.84 Å². The van der Waals surface area contributed by atoms with Gasteiger partial charge in [0.1, 0.15) is 5.75 Å². The van der Waals surface area contributed by atoms with Gasteiger partial charge in [0.2, 0.25) is 0 Å². The van der Waals surface area contributed by atoms with Crippen LogP contribution in [0.1, 0.15) is 16.8 Å². The van der Waals surface area contributed by atoms with E-state index in [1.165, 1.54) is 0 Å². The molecule has 4 heteroatoms. The predicted octanol–water partition coefficient (Wildman–Crippen LogP) is 4.16. The molecule has 0 saturated heterocycles. The summed E-state index contributed by atoms with van der Waals surface area (Å²) >= 11 is 5.96. The number of aryl methyl sites for hydroxylation is 3. The van der Waals surface area contributed by atoms with Crippen molar-refractivity contribution in [2.75, 3.05) is 0 Å². The van der Waals surface area contributed by atoms with Crippen LogP contribution in [0.5, 0.6) is 17.4 Å². The van der Waals surface area contributed by atoms with Crippen molar-refractivity contribution in [3.8, 4) is 17.4 Å². The number of hydrogen-bond donors (Lipinski definition) is 1. The lowest BCUT2D eigenvalue weighted by atomic mass is 10.1. The minimum Gasteiger partial charge on any atom is -0.503 e. The Morgan fingerprint density at radius 3 is 2.33 bits per heavy atom. The highest BCUT2D eigenvalue weighted by Crippen LogP contribution is 2.34. The van der Waals surface area contributed by atoms with E-state index in [1.807, 2.05) is 32.9 Å². The van der Waals surface area contributed by atoms with E-state index in [1.54, 1.807) is 12.1 Å². The Balaban J connectivity index is 2.43. The fourth-order valence-corrected chi connectivity index (χ4v) is 2.08. The molecule has 0 aliphatic heterocycles. The smallest absolute Gasteiger partial charge is 0.262 e. The van der Waals surface area contributed by atoms with E-state index < -0.39 is 0 Å². The molecule has 0 amide bonds. The van der Waals surface area contributed by atoms with E-state index in [2.05, 4.69) is 4.98 Å². The van der Waals surface area contributed by atoms with Crippen LogP contribution >= 0.6 is 11.6 Å². The Morgan fingerprint density at radius 2 is 1.72 bits per heavy atom. The van der Waals surface area contributed by atoms with Gasteiger partial charge in [-0.3, -0.25) is 0 Å². The van der Waals surface area contributed by atoms with Gasteiger partial charge in [-0.2, -0.15) is 0 Å². The Kier molecular flexibility index (Phi) is 3.43. The van der Waals surface area contributed by atoms with Crippen molar-refractivity contribution in [2.45, 2.75) is 20.8 Å². The van der Waals surface area contributed by atoms with Crippen molar-refractivity contribution >= 4 is 11.6 Å². The lowest BCUT2D eigenvalue weighted by Gasteiger charge is -2.12. The predicted molar refractivity (Wildman–Crippen MR) is 71.6 cm³/mol. The molecule has 0 radical (unpaired) electrons. The molecule has 0 spiro atoms. The number of hydrogen-bond acceptors (Lipinski definition) is 3. The molecule has 0 atom stereocenters. The van der Waals surface area contributed by atoms with Crippen LogP contribution in [-0.2, 0) is 0 Å². The molecule has 0 aliphatic carbocycles. The zero-order valence-electron chi connectivity index (χ0n) is 10.5. The molecule has 0 saturated carbocycles. The third-order valence-corrected chi connectivity index (χ3v) is 2.82. The van der Waals surface area contributed by atoms with Gasteiger partial charge in [0.25, 0.3) is 5.88 Å². The van der Waals surface area contributed by atoms with Gasteiger partial charge in [0.15, 0.2) is 5.75 Å². The first-order valence-corrected chi connectivity index (χ1v) is 5.96. The highest BCUT2D eigenvalue weighted by molar-refractivity contribution is 6.30. The average Bonchev–Trinajstić information content (AvgIpc) is 2.28. The fraction of sp³-hybridized carbons (Fsp3) is 0.214. The molecule has 2 aromatic rings. The van der Waals surface area contributed by atoms with Crippen molar-refractivity contribution in [1.82, 2.24) is 4.98 Å². The minimum atomic E-state index is 0.0225. The second-order valence-corrected chi connectivity index (χ2v) is 4.68. The molecule has 1 aromatic heterocycles. The van der Waals surface area contributed by atoms with Gasteiger partial charge in [0.05, 0.1) is 0 Å². The summed E-state index contributed by atoms with van der Waals surface area (Å²) in [6, 6.07) is 6.93. The molecule has 3 nitrogen and oxygen atoms in total. The van der Waals surface area contributed by atoms with E-state index >= 15 is 0 Å². The summed E-state index contributed by atoms with van der Waals surface area (Å²) in [5, 5.41) is 10.4. The molecule has 0 bridgehead atoms. The molecule has 0 unspecified atom stereocenters. The number of aromatic nitrogens is 1. The van der Waals surface area contributed by atoms with Crippen LogP contribution in [0.2, 0.25) is 5.02 Å². The number of ether oxygens (including phenoxy) is 1. The van der Waals surface area contributed by atoms with E-state index in [-0.39, 0.29) is 11.6 Å². The van der Waals surface area contributed by atoms with Crippen LogP contribution in [0, 0.1) is 20.8 Å². The zero-order valence-corrected chi connectivity index (χ0v) is 11.2. The lowest BCUT2D eigenvalue weighted by molar-refractivity contribution is 0.393. The standard InChI is InChI=1S/C14H14ClNO2/c1-8-6-11(15)7-9(2)13(8)18-14-12(17)5-4-10(3)16-14/h4-7,17H,1-3H3. The number of halogens is 1. The molecule has 0 fully saturated rings. The topological polar surface area (TPSA) is 42.4 Å². The number of aromatic hydroxyl groups is 1. The molecule has 1 N–H and O–H groups in total. The first-order chi connectivity index (χ1) is 8.47. The maximum Gasteiger partial charge on any atom is 0.262 e. The second kappa shape index (κ2) is 4.86. The highest BCUT2D eigenvalue weighted by atomic mass is 35.5. The Bertz CT molecular complexity index is 573. The third kappa shape index (κ3) is 2.57. The number of pyridine rings is 1. The average molecular weight is 264 g/mol. The fourth-order valence-electron chi connectivity index (χ4n) is 1.76. The summed E-state index contributed by atoms with van der Waals surface area (Å²) in [5.74, 6) is 0.908. The van der Waals surface area contributed by atoms with Crippen LogP contribution < -0.4 is 4.74 Å². The summed E-state index contributed by atoms with van der Waals surface area (Å²) in [4.78, 5) is 4.17. The van der Waals surface area contributed by atoms with Crippen molar-refractivity contribution in [3.63, 3.8) is 0 Å². The monoisotopic (exact) mass is 263 g/mol. The molecular formula is C14H14ClNO2. The Morgan fingerprint density at radius 1 is 1.11 bits per heavy atom. The SMILES string of the molecule is Cc1ccc(O)c(Oc2c(C)cc(Cl)cc2C)n1. The van der Waals surface area contributed by atoms with Gasteiger partial charge in [-0.05, 0) is 56.2 Å². The van der Waals surface area contributed by atoms with E-state index in [4.69, 9.17) is 16.3 Å². The first-order valence-electron chi connectivity index (χ1n) is 5.58. The normalized spacial score (nSPS) is 10.4. The van der Waals surface area contributed by atoms with Crippen molar-refractivity contribution in [3.05, 3.63) is 46.1 Å². The Labute approximate surface area is 111 Å². The first kappa shape index (κ1) is 12.7. The molecule has 1 aromatic carbocycles. The molecule has 94 valence electrons. The van der Waals surface area contributed by atoms with E-state index in [0.29, 0.717) is 10.8 Å². The third-order valence-electron chi connectivity index (χ3n) is 2.60. The van der Waals surface area contributed by atoms with Crippen LogP contribution in [0.25, 0.3) is 0 Å². The Hall–Kier alpha value is -1.74. The van der Waals surface area contributed by atoms with Crippen molar-refractivity contribution < 1.29 is 9.84 Å².